The van der Waals surface area contributed by atoms with Crippen molar-refractivity contribution in [3.8, 4) is 56.2 Å². The van der Waals surface area contributed by atoms with Crippen LogP contribution in [0.3, 0.4) is 0 Å². The van der Waals surface area contributed by atoms with E-state index in [0.717, 1.165) is 28.3 Å². The lowest BCUT2D eigenvalue weighted by molar-refractivity contribution is 1.20. The second kappa shape index (κ2) is 9.30. The summed E-state index contributed by atoms with van der Waals surface area (Å²) in [4.78, 5) is 10.7. The molecule has 0 unspecified atom stereocenters. The van der Waals surface area contributed by atoms with Crippen molar-refractivity contribution in [1.82, 2.24) is 9.97 Å². The summed E-state index contributed by atoms with van der Waals surface area (Å²) in [6.45, 7) is 4.87. The van der Waals surface area contributed by atoms with Crippen molar-refractivity contribution in [2.24, 2.45) is 0 Å². The van der Waals surface area contributed by atoms with Crippen LogP contribution in [0.15, 0.2) is 133 Å². The molecule has 1 aliphatic heterocycles. The fourth-order valence-electron chi connectivity index (χ4n) is 5.97. The highest BCUT2D eigenvalue weighted by atomic mass is 28.3. The molecule has 0 aliphatic carbocycles. The number of rotatable bonds is 4. The minimum Gasteiger partial charge on any atom is -0.228 e. The number of nitrogens with zero attached hydrogens (tertiary/aromatic N) is 2. The summed E-state index contributed by atoms with van der Waals surface area (Å²) in [6.07, 6.45) is 0. The summed E-state index contributed by atoms with van der Waals surface area (Å²) in [5.74, 6) is 0.769. The third-order valence-electron chi connectivity index (χ3n) is 7.88. The molecule has 39 heavy (non-hydrogen) atoms. The van der Waals surface area contributed by atoms with Crippen LogP contribution < -0.4 is 10.4 Å². The molecule has 6 aromatic rings. The van der Waals surface area contributed by atoms with Gasteiger partial charge in [-0.25, -0.2) is 9.97 Å². The van der Waals surface area contributed by atoms with E-state index in [2.05, 4.69) is 147 Å². The van der Waals surface area contributed by atoms with Crippen molar-refractivity contribution in [1.29, 1.82) is 0 Å². The van der Waals surface area contributed by atoms with Crippen LogP contribution in [0.5, 0.6) is 0 Å². The monoisotopic (exact) mass is 516 g/mol. The molecule has 0 saturated heterocycles. The van der Waals surface area contributed by atoms with Gasteiger partial charge in [-0.1, -0.05) is 140 Å². The molecule has 0 bridgehead atoms. The highest BCUT2D eigenvalue weighted by Crippen LogP contribution is 2.37. The van der Waals surface area contributed by atoms with E-state index >= 15 is 0 Å². The molecule has 0 saturated carbocycles. The molecular weight excluding hydrogens is 488 g/mol. The van der Waals surface area contributed by atoms with Gasteiger partial charge in [0.2, 0.25) is 0 Å². The van der Waals surface area contributed by atoms with Crippen molar-refractivity contribution in [2.45, 2.75) is 13.1 Å². The summed E-state index contributed by atoms with van der Waals surface area (Å²) in [5.41, 5.74) is 10.4. The Morgan fingerprint density at radius 1 is 0.436 bits per heavy atom. The minimum atomic E-state index is -2.05. The predicted molar refractivity (Wildman–Crippen MR) is 166 cm³/mol. The molecule has 5 aromatic carbocycles. The molecule has 1 aliphatic rings. The first-order valence-corrected chi connectivity index (χ1v) is 16.4. The van der Waals surface area contributed by atoms with E-state index in [0.29, 0.717) is 0 Å². The Morgan fingerprint density at radius 3 is 1.67 bits per heavy atom. The van der Waals surface area contributed by atoms with Gasteiger partial charge in [-0.05, 0) is 44.3 Å². The highest BCUT2D eigenvalue weighted by molar-refractivity contribution is 7.04. The van der Waals surface area contributed by atoms with Crippen LogP contribution in [0.4, 0.5) is 0 Å². The van der Waals surface area contributed by atoms with E-state index in [4.69, 9.17) is 9.97 Å². The van der Waals surface area contributed by atoms with E-state index in [1.807, 2.05) is 0 Å². The topological polar surface area (TPSA) is 25.8 Å². The van der Waals surface area contributed by atoms with Crippen LogP contribution in [0, 0.1) is 0 Å². The van der Waals surface area contributed by atoms with Crippen molar-refractivity contribution in [3.63, 3.8) is 0 Å². The molecule has 1 aromatic heterocycles. The molecule has 0 atom stereocenters. The molecule has 0 N–H and O–H groups in total. The number of hydrogen-bond donors (Lipinski definition) is 0. The molecular formula is C36H28N2Si. The molecule has 7 rings (SSSR count). The number of hydrogen-bond acceptors (Lipinski definition) is 2. The number of fused-ring (bicyclic) bond motifs is 3. The maximum absolute atomic E-state index is 5.41. The number of benzene rings is 5. The normalized spacial score (nSPS) is 13.1. The zero-order chi connectivity index (χ0) is 26.4. The summed E-state index contributed by atoms with van der Waals surface area (Å²) in [7, 11) is -2.05. The fraction of sp³-hybridized carbons (Fsp3) is 0.0556. The van der Waals surface area contributed by atoms with Crippen LogP contribution in [0.25, 0.3) is 56.2 Å². The lowest BCUT2D eigenvalue weighted by Gasteiger charge is -2.23. The van der Waals surface area contributed by atoms with Gasteiger partial charge in [-0.3, -0.25) is 0 Å². The average molecular weight is 517 g/mol. The molecule has 0 radical (unpaired) electrons. The van der Waals surface area contributed by atoms with Crippen molar-refractivity contribution < 1.29 is 0 Å². The lowest BCUT2D eigenvalue weighted by Crippen LogP contribution is -2.50. The van der Waals surface area contributed by atoms with Gasteiger partial charge in [-0.15, -0.1) is 0 Å². The third-order valence-corrected chi connectivity index (χ3v) is 11.4. The van der Waals surface area contributed by atoms with Gasteiger partial charge < -0.3 is 0 Å². The zero-order valence-electron chi connectivity index (χ0n) is 22.1. The van der Waals surface area contributed by atoms with Crippen LogP contribution in [-0.4, -0.2) is 18.0 Å². The van der Waals surface area contributed by atoms with Crippen molar-refractivity contribution >= 4 is 18.4 Å². The second-order valence-corrected chi connectivity index (χ2v) is 14.9. The SMILES string of the molecule is C[Si]1(C)c2ccccc2-c2nc(-c3cccc(-c4ccccc4)c3)nc(-c3ccccc3-c3ccccc3)c21. The van der Waals surface area contributed by atoms with E-state index < -0.39 is 8.07 Å². The molecule has 3 heteroatoms. The van der Waals surface area contributed by atoms with Gasteiger partial charge in [0.15, 0.2) is 5.82 Å². The summed E-state index contributed by atoms with van der Waals surface area (Å²) in [5, 5.41) is 2.76. The van der Waals surface area contributed by atoms with Crippen LogP contribution in [-0.2, 0) is 0 Å². The van der Waals surface area contributed by atoms with Crippen LogP contribution in [0.1, 0.15) is 0 Å². The maximum atomic E-state index is 5.41. The Hall–Kier alpha value is -4.60. The molecule has 0 fully saturated rings. The summed E-state index contributed by atoms with van der Waals surface area (Å²) < 4.78 is 0. The Kier molecular flexibility index (Phi) is 5.61. The van der Waals surface area contributed by atoms with Gasteiger partial charge in [-0.2, -0.15) is 0 Å². The Balaban J connectivity index is 1.51. The quantitative estimate of drug-likeness (QED) is 0.222. The zero-order valence-corrected chi connectivity index (χ0v) is 23.1. The fourth-order valence-corrected chi connectivity index (χ4v) is 9.19. The Labute approximate surface area is 230 Å². The van der Waals surface area contributed by atoms with Gasteiger partial charge in [0.25, 0.3) is 0 Å². The summed E-state index contributed by atoms with van der Waals surface area (Å²) in [6, 6.07) is 47.3. The lowest BCUT2D eigenvalue weighted by atomic mass is 9.96. The predicted octanol–water partition coefficient (Wildman–Crippen LogP) is 7.95. The maximum Gasteiger partial charge on any atom is 0.160 e. The average Bonchev–Trinajstić information content (AvgIpc) is 3.24. The largest absolute Gasteiger partial charge is 0.228 e. The second-order valence-electron chi connectivity index (χ2n) is 10.6. The first kappa shape index (κ1) is 23.5. The van der Waals surface area contributed by atoms with Crippen molar-refractivity contribution in [3.05, 3.63) is 133 Å². The van der Waals surface area contributed by atoms with Gasteiger partial charge >= 0.3 is 0 Å². The van der Waals surface area contributed by atoms with Crippen molar-refractivity contribution in [2.75, 3.05) is 0 Å². The molecule has 0 amide bonds. The van der Waals surface area contributed by atoms with Gasteiger partial charge in [0.1, 0.15) is 8.07 Å². The molecule has 2 heterocycles. The first-order valence-electron chi connectivity index (χ1n) is 13.4. The first-order chi connectivity index (χ1) is 19.1. The Morgan fingerprint density at radius 2 is 0.949 bits per heavy atom. The third kappa shape index (κ3) is 3.94. The smallest absolute Gasteiger partial charge is 0.160 e. The van der Waals surface area contributed by atoms with Crippen LogP contribution in [0.2, 0.25) is 13.1 Å². The van der Waals surface area contributed by atoms with E-state index in [1.54, 1.807) is 0 Å². The van der Waals surface area contributed by atoms with Gasteiger partial charge in [0, 0.05) is 11.1 Å². The molecule has 0 spiro atoms. The standard InChI is InChI=1S/C36H28N2Si/c1-39(2)32-23-12-11-22-31(32)34-35(39)33(30-21-10-9-20-29(30)26-16-7-4-8-17-26)37-36(38-34)28-19-13-18-27(24-28)25-14-5-3-6-15-25/h3-24H,1-2H3. The minimum absolute atomic E-state index is 0.769. The molecule has 186 valence electrons. The number of aromatic nitrogens is 2. The van der Waals surface area contributed by atoms with Crippen LogP contribution >= 0.6 is 0 Å². The highest BCUT2D eigenvalue weighted by Gasteiger charge is 2.42. The molecule has 2 nitrogen and oxygen atoms in total. The van der Waals surface area contributed by atoms with E-state index in [-0.39, 0.29) is 0 Å². The van der Waals surface area contributed by atoms with Gasteiger partial charge in [0.05, 0.1) is 11.4 Å². The van der Waals surface area contributed by atoms with E-state index in [9.17, 15) is 0 Å². The van der Waals surface area contributed by atoms with E-state index in [1.165, 1.54) is 38.2 Å². The summed E-state index contributed by atoms with van der Waals surface area (Å²) >= 11 is 0. The Bertz CT molecular complexity index is 1830.